The van der Waals surface area contributed by atoms with Crippen LogP contribution < -0.4 is 4.90 Å². The summed E-state index contributed by atoms with van der Waals surface area (Å²) in [6, 6.07) is 9.88. The molecule has 3 heteroatoms. The van der Waals surface area contributed by atoms with E-state index in [0.717, 1.165) is 24.9 Å². The standard InChI is InChI=1S/C14H18N2O/c1-16(13-7-2-3-8-14(13)17)12-6-4-5-11(9-12)10-15/h4-6,9,13-14,17H,2-3,7-8H2,1H3/t13-,14-/m1/s1. The average molecular weight is 230 g/mol. The van der Waals surface area contributed by atoms with Gasteiger partial charge < -0.3 is 10.0 Å². The van der Waals surface area contributed by atoms with Gasteiger partial charge >= 0.3 is 0 Å². The molecular formula is C14H18N2O. The smallest absolute Gasteiger partial charge is 0.0992 e. The fourth-order valence-electron chi connectivity index (χ4n) is 2.53. The summed E-state index contributed by atoms with van der Waals surface area (Å²) in [5, 5.41) is 18.9. The van der Waals surface area contributed by atoms with Crippen molar-refractivity contribution in [2.24, 2.45) is 0 Å². The van der Waals surface area contributed by atoms with E-state index in [-0.39, 0.29) is 12.1 Å². The van der Waals surface area contributed by atoms with Crippen LogP contribution in [0.1, 0.15) is 31.2 Å². The zero-order valence-electron chi connectivity index (χ0n) is 10.1. The zero-order valence-corrected chi connectivity index (χ0v) is 10.1. The van der Waals surface area contributed by atoms with E-state index in [2.05, 4.69) is 11.0 Å². The highest BCUT2D eigenvalue weighted by Crippen LogP contribution is 2.26. The molecule has 0 aromatic heterocycles. The number of nitriles is 1. The second kappa shape index (κ2) is 5.20. The first-order valence-corrected chi connectivity index (χ1v) is 6.13. The number of benzene rings is 1. The van der Waals surface area contributed by atoms with E-state index in [1.54, 1.807) is 6.07 Å². The molecular weight excluding hydrogens is 212 g/mol. The Bertz CT molecular complexity index is 424. The van der Waals surface area contributed by atoms with Crippen molar-refractivity contribution >= 4 is 5.69 Å². The van der Waals surface area contributed by atoms with Crippen molar-refractivity contribution in [2.75, 3.05) is 11.9 Å². The molecule has 0 aliphatic heterocycles. The van der Waals surface area contributed by atoms with Crippen LogP contribution in [0, 0.1) is 11.3 Å². The normalized spacial score (nSPS) is 24.1. The lowest BCUT2D eigenvalue weighted by Gasteiger charge is -2.36. The summed E-state index contributed by atoms with van der Waals surface area (Å²) in [7, 11) is 2.00. The number of aliphatic hydroxyl groups excluding tert-OH is 1. The van der Waals surface area contributed by atoms with E-state index in [1.807, 2.05) is 25.2 Å². The SMILES string of the molecule is CN(c1cccc(C#N)c1)[C@@H]1CCCC[C@H]1O. The van der Waals surface area contributed by atoms with E-state index in [9.17, 15) is 5.11 Å². The molecule has 2 atom stereocenters. The molecule has 0 saturated heterocycles. The number of likely N-dealkylation sites (N-methyl/N-ethyl adjacent to an activating group) is 1. The van der Waals surface area contributed by atoms with Crippen molar-refractivity contribution in [3.05, 3.63) is 29.8 Å². The molecule has 1 aromatic rings. The number of anilines is 1. The number of hydrogen-bond donors (Lipinski definition) is 1. The van der Waals surface area contributed by atoms with Crippen LogP contribution in [-0.2, 0) is 0 Å². The van der Waals surface area contributed by atoms with Gasteiger partial charge in [0, 0.05) is 12.7 Å². The Morgan fingerprint density at radius 3 is 2.82 bits per heavy atom. The molecule has 90 valence electrons. The topological polar surface area (TPSA) is 47.3 Å². The summed E-state index contributed by atoms with van der Waals surface area (Å²) in [6.45, 7) is 0. The second-order valence-electron chi connectivity index (χ2n) is 4.69. The molecule has 0 amide bonds. The second-order valence-corrected chi connectivity index (χ2v) is 4.69. The number of hydrogen-bond acceptors (Lipinski definition) is 3. The van der Waals surface area contributed by atoms with Crippen LogP contribution in [-0.4, -0.2) is 24.3 Å². The van der Waals surface area contributed by atoms with E-state index < -0.39 is 0 Å². The van der Waals surface area contributed by atoms with Crippen molar-refractivity contribution in [2.45, 2.75) is 37.8 Å². The Kier molecular flexibility index (Phi) is 3.65. The maximum Gasteiger partial charge on any atom is 0.0992 e. The third-order valence-corrected chi connectivity index (χ3v) is 3.57. The monoisotopic (exact) mass is 230 g/mol. The summed E-state index contributed by atoms with van der Waals surface area (Å²) in [5.41, 5.74) is 1.68. The Balaban J connectivity index is 2.18. The zero-order chi connectivity index (χ0) is 12.3. The first kappa shape index (κ1) is 11.9. The quantitative estimate of drug-likeness (QED) is 0.848. The van der Waals surface area contributed by atoms with Gasteiger partial charge in [-0.1, -0.05) is 18.9 Å². The maximum atomic E-state index is 10.0. The van der Waals surface area contributed by atoms with Crippen molar-refractivity contribution in [3.8, 4) is 6.07 Å². The van der Waals surface area contributed by atoms with Crippen LogP contribution in [0.2, 0.25) is 0 Å². The van der Waals surface area contributed by atoms with Gasteiger partial charge in [-0.05, 0) is 31.0 Å². The summed E-state index contributed by atoms with van der Waals surface area (Å²) in [5.74, 6) is 0. The Morgan fingerprint density at radius 1 is 1.35 bits per heavy atom. The van der Waals surface area contributed by atoms with Crippen LogP contribution in [0.15, 0.2) is 24.3 Å². The van der Waals surface area contributed by atoms with E-state index in [1.165, 1.54) is 6.42 Å². The molecule has 2 rings (SSSR count). The van der Waals surface area contributed by atoms with Gasteiger partial charge in [0.1, 0.15) is 0 Å². The first-order valence-electron chi connectivity index (χ1n) is 6.13. The summed E-state index contributed by atoms with van der Waals surface area (Å²) >= 11 is 0. The molecule has 0 spiro atoms. The molecule has 1 aliphatic rings. The van der Waals surface area contributed by atoms with Gasteiger partial charge in [-0.3, -0.25) is 0 Å². The van der Waals surface area contributed by atoms with Gasteiger partial charge in [-0.2, -0.15) is 5.26 Å². The van der Waals surface area contributed by atoms with Gasteiger partial charge in [0.05, 0.1) is 23.8 Å². The number of rotatable bonds is 2. The number of nitrogens with zero attached hydrogens (tertiary/aromatic N) is 2. The minimum Gasteiger partial charge on any atom is -0.391 e. The van der Waals surface area contributed by atoms with E-state index in [0.29, 0.717) is 5.56 Å². The van der Waals surface area contributed by atoms with Gasteiger partial charge in [-0.15, -0.1) is 0 Å². The molecule has 1 aliphatic carbocycles. The van der Waals surface area contributed by atoms with Gasteiger partial charge in [-0.25, -0.2) is 0 Å². The highest BCUT2D eigenvalue weighted by atomic mass is 16.3. The largest absolute Gasteiger partial charge is 0.391 e. The van der Waals surface area contributed by atoms with Crippen LogP contribution >= 0.6 is 0 Å². The molecule has 0 unspecified atom stereocenters. The van der Waals surface area contributed by atoms with Gasteiger partial charge in [0.25, 0.3) is 0 Å². The van der Waals surface area contributed by atoms with Crippen LogP contribution in [0.5, 0.6) is 0 Å². The lowest BCUT2D eigenvalue weighted by molar-refractivity contribution is 0.106. The molecule has 0 heterocycles. The fourth-order valence-corrected chi connectivity index (χ4v) is 2.53. The van der Waals surface area contributed by atoms with Crippen LogP contribution in [0.25, 0.3) is 0 Å². The highest BCUT2D eigenvalue weighted by molar-refractivity contribution is 5.51. The fraction of sp³-hybridized carbons (Fsp3) is 0.500. The van der Waals surface area contributed by atoms with E-state index in [4.69, 9.17) is 5.26 Å². The van der Waals surface area contributed by atoms with Crippen molar-refractivity contribution in [1.29, 1.82) is 5.26 Å². The lowest BCUT2D eigenvalue weighted by Crippen LogP contribution is -2.43. The lowest BCUT2D eigenvalue weighted by atomic mass is 9.91. The highest BCUT2D eigenvalue weighted by Gasteiger charge is 2.26. The Hall–Kier alpha value is -1.53. The summed E-state index contributed by atoms with van der Waals surface area (Å²) in [4.78, 5) is 2.10. The number of aliphatic hydroxyl groups is 1. The van der Waals surface area contributed by atoms with Crippen LogP contribution in [0.4, 0.5) is 5.69 Å². The molecule has 1 saturated carbocycles. The Morgan fingerprint density at radius 2 is 2.12 bits per heavy atom. The third kappa shape index (κ3) is 2.59. The molecule has 1 fully saturated rings. The summed E-state index contributed by atoms with van der Waals surface area (Å²) < 4.78 is 0. The van der Waals surface area contributed by atoms with E-state index >= 15 is 0 Å². The maximum absolute atomic E-state index is 10.0. The average Bonchev–Trinajstić information content (AvgIpc) is 2.38. The molecule has 1 N–H and O–H groups in total. The van der Waals surface area contributed by atoms with Crippen LogP contribution in [0.3, 0.4) is 0 Å². The summed E-state index contributed by atoms with van der Waals surface area (Å²) in [6.07, 6.45) is 3.94. The predicted molar refractivity (Wildman–Crippen MR) is 67.8 cm³/mol. The molecule has 3 nitrogen and oxygen atoms in total. The van der Waals surface area contributed by atoms with Gasteiger partial charge in [0.2, 0.25) is 0 Å². The molecule has 1 aromatic carbocycles. The molecule has 0 radical (unpaired) electrons. The minimum absolute atomic E-state index is 0.178. The van der Waals surface area contributed by atoms with Crippen molar-refractivity contribution in [3.63, 3.8) is 0 Å². The first-order chi connectivity index (χ1) is 8.22. The molecule has 17 heavy (non-hydrogen) atoms. The minimum atomic E-state index is -0.250. The Labute approximate surface area is 102 Å². The van der Waals surface area contributed by atoms with Gasteiger partial charge in [0.15, 0.2) is 0 Å². The van der Waals surface area contributed by atoms with Crippen molar-refractivity contribution < 1.29 is 5.11 Å². The molecule has 0 bridgehead atoms. The predicted octanol–water partition coefficient (Wildman–Crippen LogP) is 2.30. The van der Waals surface area contributed by atoms with Crippen molar-refractivity contribution in [1.82, 2.24) is 0 Å². The third-order valence-electron chi connectivity index (χ3n) is 3.57.